The minimum absolute atomic E-state index is 0.0877. The molecule has 1 aliphatic rings. The molecule has 0 saturated carbocycles. The molecule has 0 radical (unpaired) electrons. The third-order valence-corrected chi connectivity index (χ3v) is 4.63. The van der Waals surface area contributed by atoms with Crippen LogP contribution in [-0.4, -0.2) is 29.9 Å². The number of anilines is 2. The second kappa shape index (κ2) is 7.28. The van der Waals surface area contributed by atoms with Crippen LogP contribution in [-0.2, 0) is 11.2 Å². The van der Waals surface area contributed by atoms with Gasteiger partial charge in [0, 0.05) is 18.0 Å². The van der Waals surface area contributed by atoms with Crippen molar-refractivity contribution < 1.29 is 9.59 Å². The number of benzene rings is 1. The lowest BCUT2D eigenvalue weighted by molar-refractivity contribution is -0.115. The number of carbonyl (C=O) groups is 2. The Morgan fingerprint density at radius 1 is 1.00 bits per heavy atom. The van der Waals surface area contributed by atoms with E-state index in [1.807, 2.05) is 29.6 Å². The number of carbonyl (C=O) groups excluding carboxylic acids is 2. The molecule has 5 nitrogen and oxygen atoms in total. The summed E-state index contributed by atoms with van der Waals surface area (Å²) in [6.45, 7) is 1.58. The summed E-state index contributed by atoms with van der Waals surface area (Å²) in [5, 5.41) is 7.72. The number of hydrogen-bond donors (Lipinski definition) is 2. The highest BCUT2D eigenvalue weighted by atomic mass is 32.1. The minimum Gasteiger partial charge on any atom is -0.325 e. The second-order valence-electron chi connectivity index (χ2n) is 5.47. The number of rotatable bonds is 4. The number of nitrogens with zero attached hydrogens (tertiary/aromatic N) is 1. The van der Waals surface area contributed by atoms with Gasteiger partial charge in [0.05, 0.1) is 17.8 Å². The first-order valence-corrected chi connectivity index (χ1v) is 8.57. The summed E-state index contributed by atoms with van der Waals surface area (Å²) in [7, 11) is 0. The van der Waals surface area contributed by atoms with E-state index in [9.17, 15) is 9.59 Å². The Morgan fingerprint density at radius 3 is 2.35 bits per heavy atom. The number of amides is 3. The van der Waals surface area contributed by atoms with Crippen molar-refractivity contribution in [3.8, 4) is 0 Å². The summed E-state index contributed by atoms with van der Waals surface area (Å²) >= 11 is 1.56. The Balaban J connectivity index is 1.65. The molecule has 2 N–H and O–H groups in total. The van der Waals surface area contributed by atoms with Crippen LogP contribution in [0.2, 0.25) is 0 Å². The van der Waals surface area contributed by atoms with E-state index < -0.39 is 0 Å². The predicted octanol–water partition coefficient (Wildman–Crippen LogP) is 3.56. The van der Waals surface area contributed by atoms with Gasteiger partial charge in [-0.2, -0.15) is 0 Å². The Labute approximate surface area is 139 Å². The lowest BCUT2D eigenvalue weighted by Crippen LogP contribution is -2.32. The highest BCUT2D eigenvalue weighted by Gasteiger charge is 2.19. The molecule has 0 aliphatic carbocycles. The van der Waals surface area contributed by atoms with Crippen LogP contribution in [0.25, 0.3) is 0 Å². The maximum absolute atomic E-state index is 12.2. The van der Waals surface area contributed by atoms with Crippen LogP contribution in [0.1, 0.15) is 17.7 Å². The molecule has 0 unspecified atom stereocenters. The van der Waals surface area contributed by atoms with E-state index in [2.05, 4.69) is 10.6 Å². The lowest BCUT2D eigenvalue weighted by Gasteiger charge is -2.18. The molecule has 6 heteroatoms. The number of urea groups is 1. The number of hydrogen-bond acceptors (Lipinski definition) is 3. The standard InChI is InChI=1S/C17H19N3O2S/c21-16(12-13-6-5-11-23-13)18-14-7-1-2-8-15(14)19-17(22)20-9-3-4-10-20/h1-2,5-8,11H,3-4,9-10,12H2,(H,18,21)(H,19,22). The molecule has 3 amide bonds. The summed E-state index contributed by atoms with van der Waals surface area (Å²) in [5.41, 5.74) is 1.26. The van der Waals surface area contributed by atoms with E-state index in [0.717, 1.165) is 30.8 Å². The molecule has 0 atom stereocenters. The van der Waals surface area contributed by atoms with Crippen molar-refractivity contribution >= 4 is 34.6 Å². The van der Waals surface area contributed by atoms with Gasteiger partial charge < -0.3 is 15.5 Å². The predicted molar refractivity (Wildman–Crippen MR) is 92.9 cm³/mol. The summed E-state index contributed by atoms with van der Waals surface area (Å²) in [6.07, 6.45) is 2.44. The number of likely N-dealkylation sites (tertiary alicyclic amines) is 1. The van der Waals surface area contributed by atoms with Gasteiger partial charge >= 0.3 is 6.03 Å². The molecule has 120 valence electrons. The van der Waals surface area contributed by atoms with Gasteiger partial charge in [-0.05, 0) is 36.4 Å². The fourth-order valence-electron chi connectivity index (χ4n) is 2.58. The topological polar surface area (TPSA) is 61.4 Å². The van der Waals surface area contributed by atoms with E-state index >= 15 is 0 Å². The smallest absolute Gasteiger partial charge is 0.321 e. The summed E-state index contributed by atoms with van der Waals surface area (Å²) < 4.78 is 0. The largest absolute Gasteiger partial charge is 0.325 e. The van der Waals surface area contributed by atoms with Crippen LogP contribution in [0.5, 0.6) is 0 Å². The maximum Gasteiger partial charge on any atom is 0.321 e. The average Bonchev–Trinajstić information content (AvgIpc) is 3.22. The first-order valence-electron chi connectivity index (χ1n) is 7.69. The molecule has 2 aromatic rings. The Morgan fingerprint density at radius 2 is 1.70 bits per heavy atom. The fourth-order valence-corrected chi connectivity index (χ4v) is 3.28. The SMILES string of the molecule is O=C(Cc1cccs1)Nc1ccccc1NC(=O)N1CCCC1. The van der Waals surface area contributed by atoms with Gasteiger partial charge in [0.2, 0.25) is 5.91 Å². The van der Waals surface area contributed by atoms with Gasteiger partial charge in [0.15, 0.2) is 0 Å². The van der Waals surface area contributed by atoms with Crippen molar-refractivity contribution in [2.45, 2.75) is 19.3 Å². The van der Waals surface area contributed by atoms with Crippen molar-refractivity contribution in [3.63, 3.8) is 0 Å². The molecule has 1 saturated heterocycles. The lowest BCUT2D eigenvalue weighted by atomic mass is 10.2. The van der Waals surface area contributed by atoms with Gasteiger partial charge in [-0.1, -0.05) is 18.2 Å². The molecular weight excluding hydrogens is 310 g/mol. The second-order valence-corrected chi connectivity index (χ2v) is 6.51. The van der Waals surface area contributed by atoms with Crippen molar-refractivity contribution in [1.29, 1.82) is 0 Å². The zero-order valence-electron chi connectivity index (χ0n) is 12.7. The normalized spacial score (nSPS) is 13.8. The van der Waals surface area contributed by atoms with Crippen molar-refractivity contribution in [3.05, 3.63) is 46.7 Å². The molecule has 3 rings (SSSR count). The van der Waals surface area contributed by atoms with Gasteiger partial charge in [0.25, 0.3) is 0 Å². The molecule has 1 aromatic heterocycles. The van der Waals surface area contributed by atoms with Crippen LogP contribution >= 0.6 is 11.3 Å². The van der Waals surface area contributed by atoms with Crippen LogP contribution < -0.4 is 10.6 Å². The zero-order chi connectivity index (χ0) is 16.1. The first kappa shape index (κ1) is 15.6. The van der Waals surface area contributed by atoms with Crippen molar-refractivity contribution in [2.75, 3.05) is 23.7 Å². The van der Waals surface area contributed by atoms with Crippen molar-refractivity contribution in [1.82, 2.24) is 4.90 Å². The van der Waals surface area contributed by atoms with Crippen LogP contribution in [0.4, 0.5) is 16.2 Å². The Hall–Kier alpha value is -2.34. The van der Waals surface area contributed by atoms with Gasteiger partial charge in [-0.25, -0.2) is 4.79 Å². The quantitative estimate of drug-likeness (QED) is 0.901. The van der Waals surface area contributed by atoms with E-state index in [0.29, 0.717) is 17.8 Å². The fraction of sp³-hybridized carbons (Fsp3) is 0.294. The summed E-state index contributed by atoms with van der Waals surface area (Å²) in [5.74, 6) is -0.0877. The highest BCUT2D eigenvalue weighted by Crippen LogP contribution is 2.22. The third kappa shape index (κ3) is 4.10. The molecule has 1 aliphatic heterocycles. The molecule has 1 aromatic carbocycles. The van der Waals surface area contributed by atoms with E-state index in [-0.39, 0.29) is 11.9 Å². The average molecular weight is 329 g/mol. The maximum atomic E-state index is 12.2. The molecular formula is C17H19N3O2S. The monoisotopic (exact) mass is 329 g/mol. The molecule has 0 bridgehead atoms. The third-order valence-electron chi connectivity index (χ3n) is 3.75. The Kier molecular flexibility index (Phi) is 4.92. The van der Waals surface area contributed by atoms with Crippen LogP contribution in [0.15, 0.2) is 41.8 Å². The summed E-state index contributed by atoms with van der Waals surface area (Å²) in [4.78, 5) is 27.2. The van der Waals surface area contributed by atoms with Gasteiger partial charge in [-0.3, -0.25) is 4.79 Å². The van der Waals surface area contributed by atoms with E-state index in [4.69, 9.17) is 0 Å². The van der Waals surface area contributed by atoms with Gasteiger partial charge in [-0.15, -0.1) is 11.3 Å². The zero-order valence-corrected chi connectivity index (χ0v) is 13.6. The molecule has 23 heavy (non-hydrogen) atoms. The number of nitrogens with one attached hydrogen (secondary N) is 2. The molecule has 1 fully saturated rings. The van der Waals surface area contributed by atoms with Crippen LogP contribution in [0, 0.1) is 0 Å². The van der Waals surface area contributed by atoms with E-state index in [1.165, 1.54) is 0 Å². The van der Waals surface area contributed by atoms with Crippen LogP contribution in [0.3, 0.4) is 0 Å². The Bertz CT molecular complexity index is 679. The highest BCUT2D eigenvalue weighted by molar-refractivity contribution is 7.10. The molecule has 2 heterocycles. The minimum atomic E-state index is -0.109. The number of thiophene rings is 1. The summed E-state index contributed by atoms with van der Waals surface area (Å²) in [6, 6.07) is 11.0. The molecule has 0 spiro atoms. The van der Waals surface area contributed by atoms with Crippen molar-refractivity contribution in [2.24, 2.45) is 0 Å². The number of para-hydroxylation sites is 2. The first-order chi connectivity index (χ1) is 11.2. The van der Waals surface area contributed by atoms with Gasteiger partial charge in [0.1, 0.15) is 0 Å². The van der Waals surface area contributed by atoms with E-state index in [1.54, 1.807) is 28.4 Å².